The van der Waals surface area contributed by atoms with Gasteiger partial charge in [0.15, 0.2) is 0 Å². The number of hydrogen-bond donors (Lipinski definition) is 0. The number of nitro groups is 1. The number of nitro benzene ring substituents is 1. The lowest BCUT2D eigenvalue weighted by Gasteiger charge is -2.25. The van der Waals surface area contributed by atoms with E-state index in [0.717, 1.165) is 12.7 Å². The lowest BCUT2D eigenvalue weighted by molar-refractivity contribution is -0.384. The summed E-state index contributed by atoms with van der Waals surface area (Å²) in [5.74, 6) is -1.59. The van der Waals surface area contributed by atoms with Crippen LogP contribution in [-0.4, -0.2) is 31.1 Å². The lowest BCUT2D eigenvalue weighted by Crippen LogP contribution is -2.27. The van der Waals surface area contributed by atoms with Crippen molar-refractivity contribution in [2.75, 3.05) is 19.1 Å². The van der Waals surface area contributed by atoms with E-state index in [2.05, 4.69) is 0 Å². The fourth-order valence-electron chi connectivity index (χ4n) is 2.69. The Hall–Kier alpha value is -3.42. The minimum Gasteiger partial charge on any atom is -0.465 e. The van der Waals surface area contributed by atoms with Crippen LogP contribution in [0.3, 0.4) is 0 Å². The number of carbonyl (C=O) groups excluding carboxylic acids is 2. The number of nitrogens with zero attached hydrogens (tertiary/aromatic N) is 2. The molecule has 0 saturated carbocycles. The fourth-order valence-corrected chi connectivity index (χ4v) is 2.69. The predicted molar refractivity (Wildman–Crippen MR) is 104 cm³/mol. The summed E-state index contributed by atoms with van der Waals surface area (Å²) >= 11 is 0. The number of esters is 2. The zero-order chi connectivity index (χ0) is 21.1. The van der Waals surface area contributed by atoms with Crippen LogP contribution in [0.15, 0.2) is 53.9 Å². The molecule has 1 aromatic carbocycles. The number of rotatable bonds is 4. The standard InChI is InChI=1S/C20H22N2O6/c1-20(2,3)13-9-10-15(16(12-13)22(25)26)21-11-7-6-8-14(18(23)27-4)17(21)19(24)28-5/h6-12H,1-5H3. The maximum absolute atomic E-state index is 12.5. The van der Waals surface area contributed by atoms with Gasteiger partial charge in [-0.1, -0.05) is 32.9 Å². The minimum absolute atomic E-state index is 0.0754. The third-order valence-electron chi connectivity index (χ3n) is 4.19. The van der Waals surface area contributed by atoms with Gasteiger partial charge in [0.05, 0.1) is 24.7 Å². The van der Waals surface area contributed by atoms with Gasteiger partial charge in [-0.2, -0.15) is 0 Å². The van der Waals surface area contributed by atoms with Gasteiger partial charge in [-0.05, 0) is 29.2 Å². The summed E-state index contributed by atoms with van der Waals surface area (Å²) in [7, 11) is 2.35. The predicted octanol–water partition coefficient (Wildman–Crippen LogP) is 3.38. The summed E-state index contributed by atoms with van der Waals surface area (Å²) < 4.78 is 9.57. The van der Waals surface area contributed by atoms with Gasteiger partial charge in [0.2, 0.25) is 0 Å². The van der Waals surface area contributed by atoms with E-state index < -0.39 is 16.9 Å². The lowest BCUT2D eigenvalue weighted by atomic mass is 9.86. The Labute approximate surface area is 162 Å². The van der Waals surface area contributed by atoms with Crippen molar-refractivity contribution in [3.05, 3.63) is 69.6 Å². The van der Waals surface area contributed by atoms with Gasteiger partial charge in [0.1, 0.15) is 11.4 Å². The topological polar surface area (TPSA) is 99.0 Å². The third-order valence-corrected chi connectivity index (χ3v) is 4.19. The van der Waals surface area contributed by atoms with Gasteiger partial charge in [0, 0.05) is 12.3 Å². The number of allylic oxidation sites excluding steroid dienone is 2. The van der Waals surface area contributed by atoms with Gasteiger partial charge in [-0.3, -0.25) is 10.1 Å². The van der Waals surface area contributed by atoms with Crippen molar-refractivity contribution in [3.63, 3.8) is 0 Å². The first-order valence-corrected chi connectivity index (χ1v) is 8.45. The molecule has 148 valence electrons. The molecule has 8 heteroatoms. The second-order valence-electron chi connectivity index (χ2n) is 7.03. The van der Waals surface area contributed by atoms with Gasteiger partial charge in [-0.25, -0.2) is 9.59 Å². The number of methoxy groups -OCH3 is 2. The monoisotopic (exact) mass is 386 g/mol. The highest BCUT2D eigenvalue weighted by Crippen LogP contribution is 2.37. The molecule has 0 bridgehead atoms. The highest BCUT2D eigenvalue weighted by molar-refractivity contribution is 6.05. The molecule has 2 rings (SSSR count). The second-order valence-corrected chi connectivity index (χ2v) is 7.03. The van der Waals surface area contributed by atoms with E-state index in [4.69, 9.17) is 9.47 Å². The highest BCUT2D eigenvalue weighted by Gasteiger charge is 2.31. The molecule has 1 aliphatic rings. The van der Waals surface area contributed by atoms with Crippen molar-refractivity contribution in [3.8, 4) is 0 Å². The van der Waals surface area contributed by atoms with E-state index in [-0.39, 0.29) is 28.1 Å². The summed E-state index contributed by atoms with van der Waals surface area (Å²) in [6, 6.07) is 4.77. The maximum Gasteiger partial charge on any atom is 0.355 e. The van der Waals surface area contributed by atoms with E-state index in [1.54, 1.807) is 18.2 Å². The Morgan fingerprint density at radius 2 is 1.71 bits per heavy atom. The third kappa shape index (κ3) is 4.11. The molecule has 0 saturated heterocycles. The average molecular weight is 386 g/mol. The smallest absolute Gasteiger partial charge is 0.355 e. The van der Waals surface area contributed by atoms with Crippen LogP contribution < -0.4 is 4.90 Å². The van der Waals surface area contributed by atoms with E-state index in [1.807, 2.05) is 20.8 Å². The fraction of sp³-hybridized carbons (Fsp3) is 0.300. The first kappa shape index (κ1) is 20.9. The molecule has 0 amide bonds. The van der Waals surface area contributed by atoms with Crippen molar-refractivity contribution in [2.24, 2.45) is 0 Å². The van der Waals surface area contributed by atoms with Crippen LogP contribution in [0, 0.1) is 10.1 Å². The molecule has 0 aliphatic carbocycles. The molecule has 0 unspecified atom stereocenters. The maximum atomic E-state index is 12.5. The largest absolute Gasteiger partial charge is 0.465 e. The zero-order valence-corrected chi connectivity index (χ0v) is 16.4. The molecule has 1 aliphatic heterocycles. The number of hydrogen-bond acceptors (Lipinski definition) is 7. The average Bonchev–Trinajstić information content (AvgIpc) is 2.88. The molecular weight excluding hydrogens is 364 g/mol. The van der Waals surface area contributed by atoms with Crippen molar-refractivity contribution in [1.82, 2.24) is 0 Å². The number of carbonyl (C=O) groups is 2. The molecule has 0 N–H and O–H groups in total. The molecular formula is C20H22N2O6. The normalized spacial score (nSPS) is 14.0. The highest BCUT2D eigenvalue weighted by atomic mass is 16.6. The minimum atomic E-state index is -0.828. The van der Waals surface area contributed by atoms with Gasteiger partial charge < -0.3 is 14.4 Å². The SMILES string of the molecule is COC(=O)C1=C(C(=O)OC)N(c2ccc(C(C)(C)C)cc2[N+](=O)[O-])C=CC=C1. The van der Waals surface area contributed by atoms with E-state index in [9.17, 15) is 19.7 Å². The van der Waals surface area contributed by atoms with Crippen LogP contribution in [0.25, 0.3) is 0 Å². The number of ether oxygens (including phenoxy) is 2. The first-order valence-electron chi connectivity index (χ1n) is 8.45. The molecule has 0 spiro atoms. The molecule has 0 fully saturated rings. The van der Waals surface area contributed by atoms with Crippen LogP contribution in [0.1, 0.15) is 26.3 Å². The van der Waals surface area contributed by atoms with Crippen LogP contribution in [0.4, 0.5) is 11.4 Å². The summed E-state index contributed by atoms with van der Waals surface area (Å²) in [6.45, 7) is 5.82. The summed E-state index contributed by atoms with van der Waals surface area (Å²) in [5.41, 5.74) is 0.123. The van der Waals surface area contributed by atoms with Crippen LogP contribution in [-0.2, 0) is 24.5 Å². The van der Waals surface area contributed by atoms with Crippen molar-refractivity contribution in [2.45, 2.75) is 26.2 Å². The quantitative estimate of drug-likeness (QED) is 0.444. The molecule has 0 atom stereocenters. The second kappa shape index (κ2) is 8.08. The van der Waals surface area contributed by atoms with Gasteiger partial charge in [-0.15, -0.1) is 0 Å². The molecule has 0 aromatic heterocycles. The Bertz CT molecular complexity index is 906. The Balaban J connectivity index is 2.78. The Morgan fingerprint density at radius 3 is 2.25 bits per heavy atom. The van der Waals surface area contributed by atoms with Crippen LogP contribution in [0.2, 0.25) is 0 Å². The molecule has 1 heterocycles. The van der Waals surface area contributed by atoms with Crippen molar-refractivity contribution >= 4 is 23.3 Å². The molecule has 0 radical (unpaired) electrons. The van der Waals surface area contributed by atoms with Crippen LogP contribution in [0.5, 0.6) is 0 Å². The number of anilines is 1. The summed E-state index contributed by atoms with van der Waals surface area (Å²) in [6.07, 6.45) is 5.94. The number of benzene rings is 1. The summed E-state index contributed by atoms with van der Waals surface area (Å²) in [4.78, 5) is 37.2. The van der Waals surface area contributed by atoms with E-state index >= 15 is 0 Å². The zero-order valence-electron chi connectivity index (χ0n) is 16.4. The Morgan fingerprint density at radius 1 is 1.07 bits per heavy atom. The van der Waals surface area contributed by atoms with Crippen LogP contribution >= 0.6 is 0 Å². The van der Waals surface area contributed by atoms with Crippen molar-refractivity contribution in [1.29, 1.82) is 0 Å². The first-order chi connectivity index (χ1) is 13.1. The Kier molecular flexibility index (Phi) is 6.03. The molecule has 1 aromatic rings. The van der Waals surface area contributed by atoms with Gasteiger partial charge in [0.25, 0.3) is 5.69 Å². The molecule has 28 heavy (non-hydrogen) atoms. The van der Waals surface area contributed by atoms with Crippen molar-refractivity contribution < 1.29 is 24.0 Å². The van der Waals surface area contributed by atoms with E-state index in [1.165, 1.54) is 36.4 Å². The molecule has 8 nitrogen and oxygen atoms in total. The summed E-state index contributed by atoms with van der Waals surface area (Å²) in [5, 5.41) is 11.8. The van der Waals surface area contributed by atoms with Gasteiger partial charge >= 0.3 is 11.9 Å². The van der Waals surface area contributed by atoms with E-state index in [0.29, 0.717) is 0 Å².